The number of hydrogen-bond donors (Lipinski definition) is 3. The SMILES string of the molecule is OB(O)O.c1ccc(C[PH](c2ccccc2)(c2ccccc2)c2ccccc2)cc1. The Labute approximate surface area is 178 Å². The van der Waals surface area contributed by atoms with E-state index in [-0.39, 0.29) is 0 Å². The van der Waals surface area contributed by atoms with Gasteiger partial charge < -0.3 is 15.1 Å². The minimum absolute atomic E-state index is 1.06. The fraction of sp³-hybridized carbons (Fsp3) is 0.0400. The fourth-order valence-corrected chi connectivity index (χ4v) is 8.62. The van der Waals surface area contributed by atoms with E-state index in [9.17, 15) is 0 Å². The Kier molecular flexibility index (Phi) is 7.95. The second-order valence-corrected chi connectivity index (χ2v) is 10.9. The number of benzene rings is 4. The van der Waals surface area contributed by atoms with E-state index in [0.717, 1.165) is 6.16 Å². The summed E-state index contributed by atoms with van der Waals surface area (Å²) < 4.78 is 0. The van der Waals surface area contributed by atoms with Crippen molar-refractivity contribution in [3.05, 3.63) is 127 Å². The van der Waals surface area contributed by atoms with Crippen molar-refractivity contribution in [3.8, 4) is 0 Å². The van der Waals surface area contributed by atoms with Gasteiger partial charge in [0.25, 0.3) is 0 Å². The maximum absolute atomic E-state index is 7.17. The molecule has 4 aromatic carbocycles. The van der Waals surface area contributed by atoms with Crippen molar-refractivity contribution in [2.24, 2.45) is 0 Å². The molecule has 0 spiro atoms. The second-order valence-electron chi connectivity index (χ2n) is 7.01. The van der Waals surface area contributed by atoms with Crippen LogP contribution in [-0.4, -0.2) is 22.4 Å². The van der Waals surface area contributed by atoms with Crippen LogP contribution in [0.1, 0.15) is 5.56 Å². The van der Waals surface area contributed by atoms with Crippen molar-refractivity contribution < 1.29 is 15.1 Å². The van der Waals surface area contributed by atoms with Crippen LogP contribution >= 0.6 is 7.26 Å². The Morgan fingerprint density at radius 3 is 1.03 bits per heavy atom. The third-order valence-corrected chi connectivity index (χ3v) is 10.0. The molecule has 0 bridgehead atoms. The van der Waals surface area contributed by atoms with Crippen LogP contribution in [0, 0.1) is 0 Å². The van der Waals surface area contributed by atoms with Gasteiger partial charge in [-0.15, -0.1) is 0 Å². The molecule has 0 saturated heterocycles. The van der Waals surface area contributed by atoms with Crippen LogP contribution in [0.2, 0.25) is 0 Å². The van der Waals surface area contributed by atoms with E-state index in [1.165, 1.54) is 21.5 Å². The summed E-state index contributed by atoms with van der Waals surface area (Å²) in [7, 11) is -4.33. The predicted molar refractivity (Wildman–Crippen MR) is 129 cm³/mol. The first-order valence-corrected chi connectivity index (χ1v) is 12.1. The molecule has 4 aromatic rings. The van der Waals surface area contributed by atoms with Crippen LogP contribution in [0.15, 0.2) is 121 Å². The van der Waals surface area contributed by atoms with Gasteiger partial charge in [-0.05, 0) is 0 Å². The summed E-state index contributed by atoms with van der Waals surface area (Å²) in [4.78, 5) is 0. The summed E-state index contributed by atoms with van der Waals surface area (Å²) in [5.74, 6) is 0. The van der Waals surface area contributed by atoms with Crippen molar-refractivity contribution in [2.75, 3.05) is 0 Å². The molecule has 0 saturated carbocycles. The molecule has 0 unspecified atom stereocenters. The van der Waals surface area contributed by atoms with Gasteiger partial charge in [0.15, 0.2) is 0 Å². The molecule has 3 N–H and O–H groups in total. The molecule has 0 aromatic heterocycles. The first kappa shape index (κ1) is 22.0. The Balaban J connectivity index is 0.000000589. The topological polar surface area (TPSA) is 60.7 Å². The van der Waals surface area contributed by atoms with Crippen molar-refractivity contribution in [1.82, 2.24) is 0 Å². The molecule has 0 atom stereocenters. The summed E-state index contributed by atoms with van der Waals surface area (Å²) in [5, 5.41) is 25.9. The molecule has 0 aliphatic heterocycles. The van der Waals surface area contributed by atoms with E-state index in [2.05, 4.69) is 121 Å². The predicted octanol–water partition coefficient (Wildman–Crippen LogP) is 2.86. The molecular weight excluding hydrogens is 390 g/mol. The van der Waals surface area contributed by atoms with Gasteiger partial charge in [-0.1, -0.05) is 0 Å². The monoisotopic (exact) mass is 416 g/mol. The van der Waals surface area contributed by atoms with E-state index in [1.807, 2.05) is 0 Å². The van der Waals surface area contributed by atoms with E-state index < -0.39 is 14.6 Å². The van der Waals surface area contributed by atoms with Gasteiger partial charge in [0.05, 0.1) is 0 Å². The molecule has 0 amide bonds. The van der Waals surface area contributed by atoms with Crippen LogP contribution in [0.3, 0.4) is 0 Å². The summed E-state index contributed by atoms with van der Waals surface area (Å²) in [5.41, 5.74) is 1.40. The average Bonchev–Trinajstić information content (AvgIpc) is 2.80. The van der Waals surface area contributed by atoms with Gasteiger partial charge in [-0.2, -0.15) is 0 Å². The summed E-state index contributed by atoms with van der Waals surface area (Å²) in [6, 6.07) is 44.2. The zero-order chi connectivity index (χ0) is 21.2. The molecule has 0 aliphatic carbocycles. The Bertz CT molecular complexity index is 898. The molecule has 0 fully saturated rings. The number of hydrogen-bond acceptors (Lipinski definition) is 3. The van der Waals surface area contributed by atoms with E-state index in [1.54, 1.807) is 0 Å². The van der Waals surface area contributed by atoms with Crippen molar-refractivity contribution in [2.45, 2.75) is 6.16 Å². The summed E-state index contributed by atoms with van der Waals surface area (Å²) in [6.07, 6.45) is 1.06. The summed E-state index contributed by atoms with van der Waals surface area (Å²) >= 11 is 0. The first-order chi connectivity index (χ1) is 14.6. The van der Waals surface area contributed by atoms with Gasteiger partial charge in [0.1, 0.15) is 0 Å². The first-order valence-electron chi connectivity index (χ1n) is 9.87. The van der Waals surface area contributed by atoms with Crippen molar-refractivity contribution >= 4 is 30.5 Å². The molecular formula is C25H26BO3P. The molecule has 0 aliphatic rings. The maximum atomic E-state index is 7.17. The fourth-order valence-electron chi connectivity index (χ4n) is 3.88. The molecule has 0 heterocycles. The van der Waals surface area contributed by atoms with Crippen LogP contribution in [-0.2, 0) is 6.16 Å². The third-order valence-electron chi connectivity index (χ3n) is 5.11. The van der Waals surface area contributed by atoms with Gasteiger partial charge in [-0.25, -0.2) is 0 Å². The molecule has 4 rings (SSSR count). The zero-order valence-corrected chi connectivity index (χ0v) is 17.7. The van der Waals surface area contributed by atoms with Crippen molar-refractivity contribution in [1.29, 1.82) is 0 Å². The van der Waals surface area contributed by atoms with Crippen LogP contribution in [0.5, 0.6) is 0 Å². The zero-order valence-electron chi connectivity index (χ0n) is 16.7. The molecule has 5 heteroatoms. The normalized spacial score (nSPS) is 11.2. The minimum atomic E-state index is -2.17. The second kappa shape index (κ2) is 10.9. The average molecular weight is 416 g/mol. The van der Waals surface area contributed by atoms with Gasteiger partial charge >= 0.3 is 164 Å². The van der Waals surface area contributed by atoms with Crippen LogP contribution in [0.4, 0.5) is 0 Å². The molecule has 30 heavy (non-hydrogen) atoms. The molecule has 152 valence electrons. The third kappa shape index (κ3) is 5.44. The van der Waals surface area contributed by atoms with E-state index in [4.69, 9.17) is 15.1 Å². The van der Waals surface area contributed by atoms with Crippen LogP contribution < -0.4 is 15.9 Å². The number of rotatable bonds is 5. The Hall–Kier alpha value is -2.75. The van der Waals surface area contributed by atoms with E-state index in [0.29, 0.717) is 0 Å². The Morgan fingerprint density at radius 1 is 0.467 bits per heavy atom. The Morgan fingerprint density at radius 2 is 0.733 bits per heavy atom. The van der Waals surface area contributed by atoms with E-state index >= 15 is 0 Å². The van der Waals surface area contributed by atoms with Gasteiger partial charge in [0.2, 0.25) is 0 Å². The van der Waals surface area contributed by atoms with Crippen LogP contribution in [0.25, 0.3) is 0 Å². The molecule has 0 radical (unpaired) electrons. The van der Waals surface area contributed by atoms with Gasteiger partial charge in [0, 0.05) is 0 Å². The van der Waals surface area contributed by atoms with Crippen molar-refractivity contribution in [3.63, 3.8) is 0 Å². The standard InChI is InChI=1S/C25H23P.BH3O3/c1-5-13-22(14-6-1)21-26(23-15-7-2-8-16-23,24-17-9-3-10-18-24)25-19-11-4-12-20-25;2-1(3)4/h1-20,26H,21H2;2-4H. The molecule has 3 nitrogen and oxygen atoms in total. The van der Waals surface area contributed by atoms with Gasteiger partial charge in [-0.3, -0.25) is 0 Å². The summed E-state index contributed by atoms with van der Waals surface area (Å²) in [6.45, 7) is 0. The quantitative estimate of drug-likeness (QED) is 0.347.